The van der Waals surface area contributed by atoms with E-state index in [4.69, 9.17) is 26.2 Å². The number of pyridine rings is 1. The molecule has 0 saturated carbocycles. The van der Waals surface area contributed by atoms with E-state index in [0.717, 1.165) is 10.8 Å². The molecule has 2 amide bonds. The molecule has 198 valence electrons. The molecular weight excluding hydrogens is 507 g/mol. The van der Waals surface area contributed by atoms with Crippen molar-refractivity contribution in [2.24, 2.45) is 0 Å². The molecule has 10 nitrogen and oxygen atoms in total. The fourth-order valence-electron chi connectivity index (χ4n) is 3.27. The number of aliphatic hydroxyl groups excluding tert-OH is 2. The van der Waals surface area contributed by atoms with Crippen LogP contribution in [-0.2, 0) is 20.8 Å². The number of carbonyl (C=O) groups is 2. The lowest BCUT2D eigenvalue weighted by molar-refractivity contribution is -0.122. The number of hydrogen-bond donors (Lipinski definition) is 5. The van der Waals surface area contributed by atoms with Gasteiger partial charge in [-0.05, 0) is 23.1 Å². The first-order valence-electron chi connectivity index (χ1n) is 11.4. The van der Waals surface area contributed by atoms with Gasteiger partial charge in [0.15, 0.2) is 0 Å². The fourth-order valence-corrected chi connectivity index (χ4v) is 3.47. The van der Waals surface area contributed by atoms with Gasteiger partial charge < -0.3 is 30.3 Å². The molecule has 0 aliphatic heterocycles. The van der Waals surface area contributed by atoms with Gasteiger partial charge in [-0.25, -0.2) is 14.2 Å². The third-order valence-electron chi connectivity index (χ3n) is 5.11. The van der Waals surface area contributed by atoms with E-state index in [9.17, 15) is 19.1 Å². The molecule has 37 heavy (non-hydrogen) atoms. The summed E-state index contributed by atoms with van der Waals surface area (Å²) in [4.78, 5) is 28.9. The average Bonchev–Trinajstić information content (AvgIpc) is 2.89. The lowest BCUT2D eigenvalue weighted by Crippen LogP contribution is -2.46. The summed E-state index contributed by atoms with van der Waals surface area (Å²) >= 11 is 5.92. The quantitative estimate of drug-likeness (QED) is 0.225. The summed E-state index contributed by atoms with van der Waals surface area (Å²) in [5, 5.41) is 28.2. The molecule has 5 N–H and O–H groups in total. The minimum absolute atomic E-state index is 0.0237. The maximum atomic E-state index is 13.6. The van der Waals surface area contributed by atoms with Gasteiger partial charge in [-0.3, -0.25) is 10.1 Å². The van der Waals surface area contributed by atoms with Gasteiger partial charge in [0.2, 0.25) is 5.91 Å². The molecule has 0 fully saturated rings. The van der Waals surface area contributed by atoms with Crippen LogP contribution in [0.4, 0.5) is 15.0 Å². The Balaban J connectivity index is 1.50. The number of nitrogens with zero attached hydrogens (tertiary/aromatic N) is 1. The number of carbonyl (C=O) groups excluding carboxylic acids is 2. The van der Waals surface area contributed by atoms with Crippen LogP contribution in [0, 0.1) is 5.82 Å². The van der Waals surface area contributed by atoms with Gasteiger partial charge in [0.1, 0.15) is 24.3 Å². The normalized spacial score (nSPS) is 12.6. The predicted octanol–water partition coefficient (Wildman–Crippen LogP) is 2.22. The molecule has 0 spiro atoms. The van der Waals surface area contributed by atoms with E-state index in [-0.39, 0.29) is 37.9 Å². The van der Waals surface area contributed by atoms with E-state index < -0.39 is 36.6 Å². The van der Waals surface area contributed by atoms with Gasteiger partial charge in [-0.1, -0.05) is 48.0 Å². The first-order chi connectivity index (χ1) is 17.9. The monoisotopic (exact) mass is 534 g/mol. The van der Waals surface area contributed by atoms with E-state index in [2.05, 4.69) is 20.9 Å². The second kappa shape index (κ2) is 14.4. The fraction of sp³-hybridized carbons (Fsp3) is 0.320. The highest BCUT2D eigenvalue weighted by Gasteiger charge is 2.17. The number of anilines is 1. The van der Waals surface area contributed by atoms with Gasteiger partial charge in [-0.2, -0.15) is 0 Å². The molecular formula is C25H28ClFN4O6. The predicted molar refractivity (Wildman–Crippen MR) is 136 cm³/mol. The Labute approximate surface area is 217 Å². The summed E-state index contributed by atoms with van der Waals surface area (Å²) in [6.07, 6.45) is -0.244. The van der Waals surface area contributed by atoms with Crippen LogP contribution in [0.1, 0.15) is 5.56 Å². The Morgan fingerprint density at radius 1 is 1.08 bits per heavy atom. The number of nitrogens with one attached hydrogen (secondary N) is 3. The second-order valence-corrected chi connectivity index (χ2v) is 8.47. The Bertz CT molecular complexity index is 1200. The van der Waals surface area contributed by atoms with Crippen molar-refractivity contribution in [3.8, 4) is 0 Å². The van der Waals surface area contributed by atoms with Crippen LogP contribution < -0.4 is 16.0 Å². The zero-order chi connectivity index (χ0) is 26.6. The van der Waals surface area contributed by atoms with Crippen LogP contribution >= 0.6 is 11.6 Å². The zero-order valence-electron chi connectivity index (χ0n) is 19.8. The van der Waals surface area contributed by atoms with E-state index in [0.29, 0.717) is 11.4 Å². The molecule has 1 heterocycles. The van der Waals surface area contributed by atoms with Crippen molar-refractivity contribution >= 4 is 40.2 Å². The highest BCUT2D eigenvalue weighted by Crippen LogP contribution is 2.19. The molecule has 0 bridgehead atoms. The Morgan fingerprint density at radius 2 is 1.86 bits per heavy atom. The van der Waals surface area contributed by atoms with Crippen molar-refractivity contribution in [1.82, 2.24) is 15.6 Å². The van der Waals surface area contributed by atoms with E-state index in [1.54, 1.807) is 18.3 Å². The molecule has 0 unspecified atom stereocenters. The lowest BCUT2D eigenvalue weighted by Gasteiger charge is -2.20. The van der Waals surface area contributed by atoms with Crippen LogP contribution in [-0.4, -0.2) is 72.3 Å². The molecule has 0 aliphatic carbocycles. The largest absolute Gasteiger partial charge is 0.447 e. The standard InChI is InChI=1S/C25H28ClFN4O6/c26-24-18(6-3-7-21(24)27)9-28-11-23(34)30-19(13-36-15-20(33)12-32)14-37-25(35)31-22-8-16-4-1-2-5-17(16)10-29-22/h1-8,10,19-20,28,32-33H,9,11-15H2,(H,30,34)(H,29,31,35)/t19-,20+/m0/s1. The summed E-state index contributed by atoms with van der Waals surface area (Å²) in [5.74, 6) is -0.696. The van der Waals surface area contributed by atoms with Crippen LogP contribution in [0.15, 0.2) is 54.7 Å². The molecule has 2 atom stereocenters. The van der Waals surface area contributed by atoms with Crippen LogP contribution in [0.2, 0.25) is 5.02 Å². The van der Waals surface area contributed by atoms with Gasteiger partial charge in [0, 0.05) is 18.1 Å². The van der Waals surface area contributed by atoms with Gasteiger partial charge in [-0.15, -0.1) is 0 Å². The summed E-state index contributed by atoms with van der Waals surface area (Å²) < 4.78 is 24.1. The van der Waals surface area contributed by atoms with Gasteiger partial charge >= 0.3 is 6.09 Å². The third kappa shape index (κ3) is 9.23. The first-order valence-corrected chi connectivity index (χ1v) is 11.8. The SMILES string of the molecule is O=C(CNCc1cccc(F)c1Cl)N[C@@H](COC[C@H](O)CO)COC(=O)Nc1cc2ccccc2cn1. The van der Waals surface area contributed by atoms with E-state index >= 15 is 0 Å². The van der Waals surface area contributed by atoms with Crippen LogP contribution in [0.25, 0.3) is 10.8 Å². The number of aromatic nitrogens is 1. The Morgan fingerprint density at radius 3 is 2.65 bits per heavy atom. The van der Waals surface area contributed by atoms with Crippen molar-refractivity contribution in [3.05, 3.63) is 71.1 Å². The Hall–Kier alpha value is -3.35. The lowest BCUT2D eigenvalue weighted by atomic mass is 10.2. The van der Waals surface area contributed by atoms with Crippen LogP contribution in [0.3, 0.4) is 0 Å². The third-order valence-corrected chi connectivity index (χ3v) is 5.54. The summed E-state index contributed by atoms with van der Waals surface area (Å²) in [7, 11) is 0. The van der Waals surface area contributed by atoms with Crippen molar-refractivity contribution in [1.29, 1.82) is 0 Å². The molecule has 0 saturated heterocycles. The van der Waals surface area contributed by atoms with Gasteiger partial charge in [0.25, 0.3) is 0 Å². The van der Waals surface area contributed by atoms with Gasteiger partial charge in [0.05, 0.1) is 37.4 Å². The van der Waals surface area contributed by atoms with Crippen molar-refractivity contribution < 1.29 is 33.7 Å². The summed E-state index contributed by atoms with van der Waals surface area (Å²) in [6, 6.07) is 12.9. The molecule has 3 rings (SSSR count). The average molecular weight is 535 g/mol. The molecule has 12 heteroatoms. The second-order valence-electron chi connectivity index (χ2n) is 8.09. The number of ether oxygens (including phenoxy) is 2. The number of hydrogen-bond acceptors (Lipinski definition) is 8. The number of halogens is 2. The zero-order valence-corrected chi connectivity index (χ0v) is 20.6. The molecule has 0 radical (unpaired) electrons. The minimum atomic E-state index is -1.09. The van der Waals surface area contributed by atoms with Crippen molar-refractivity contribution in [2.75, 3.05) is 38.3 Å². The minimum Gasteiger partial charge on any atom is -0.447 e. The van der Waals surface area contributed by atoms with E-state index in [1.165, 1.54) is 12.1 Å². The smallest absolute Gasteiger partial charge is 0.412 e. The molecule has 3 aromatic rings. The molecule has 0 aliphatic rings. The molecule has 2 aromatic carbocycles. The molecule has 1 aromatic heterocycles. The first kappa shape index (κ1) is 28.2. The Kier molecular flexibility index (Phi) is 11.0. The summed E-state index contributed by atoms with van der Waals surface area (Å²) in [5.41, 5.74) is 0.495. The number of rotatable bonds is 13. The number of fused-ring (bicyclic) bond motifs is 1. The van der Waals surface area contributed by atoms with Crippen molar-refractivity contribution in [2.45, 2.75) is 18.7 Å². The number of benzene rings is 2. The van der Waals surface area contributed by atoms with Crippen molar-refractivity contribution in [3.63, 3.8) is 0 Å². The number of amides is 2. The highest BCUT2D eigenvalue weighted by molar-refractivity contribution is 6.31. The summed E-state index contributed by atoms with van der Waals surface area (Å²) in [6.45, 7) is -0.967. The van der Waals surface area contributed by atoms with E-state index in [1.807, 2.05) is 24.3 Å². The maximum absolute atomic E-state index is 13.6. The van der Waals surface area contributed by atoms with Crippen LogP contribution in [0.5, 0.6) is 0 Å². The maximum Gasteiger partial charge on any atom is 0.412 e. The highest BCUT2D eigenvalue weighted by atomic mass is 35.5. The number of aliphatic hydroxyl groups is 2. The topological polar surface area (TPSA) is 142 Å².